The molecule has 0 saturated carbocycles. The van der Waals surface area contributed by atoms with E-state index in [-0.39, 0.29) is 6.54 Å². The minimum atomic E-state index is -5.71. The van der Waals surface area contributed by atoms with Gasteiger partial charge in [-0.2, -0.15) is 21.6 Å². The first-order chi connectivity index (χ1) is 14.1. The van der Waals surface area contributed by atoms with E-state index in [1.165, 1.54) is 6.42 Å². The van der Waals surface area contributed by atoms with Crippen LogP contribution in [0.2, 0.25) is 0 Å². The van der Waals surface area contributed by atoms with Crippen LogP contribution >= 0.6 is 0 Å². The Morgan fingerprint density at radius 3 is 1.74 bits per heavy atom. The summed E-state index contributed by atoms with van der Waals surface area (Å²) in [4.78, 5) is 12.6. The van der Waals surface area contributed by atoms with Crippen molar-refractivity contribution < 1.29 is 35.3 Å². The van der Waals surface area contributed by atoms with Gasteiger partial charge in [0, 0.05) is 6.54 Å². The van der Waals surface area contributed by atoms with Gasteiger partial charge in [-0.3, -0.25) is 4.90 Å². The number of alkyl halides is 3. The van der Waals surface area contributed by atoms with Crippen LogP contribution in [0.5, 0.6) is 0 Å². The number of ether oxygens (including phenoxy) is 1. The van der Waals surface area contributed by atoms with Crippen LogP contribution < -0.4 is 0 Å². The van der Waals surface area contributed by atoms with Crippen LogP contribution in [0.25, 0.3) is 0 Å². The summed E-state index contributed by atoms with van der Waals surface area (Å²) in [5.74, 6) is 0.420. The second-order valence-corrected chi connectivity index (χ2v) is 8.35. The normalized spacial score (nSPS) is 13.0. The van der Waals surface area contributed by atoms with Crippen molar-refractivity contribution in [3.63, 3.8) is 0 Å². The topological polar surface area (TPSA) is 72.9 Å². The van der Waals surface area contributed by atoms with Gasteiger partial charge in [0.1, 0.15) is 11.4 Å². The lowest BCUT2D eigenvalue weighted by atomic mass is 10.2. The number of rotatable bonds is 3. The number of halogens is 3. The van der Waals surface area contributed by atoms with E-state index < -0.39 is 39.6 Å². The summed E-state index contributed by atoms with van der Waals surface area (Å²) in [5.41, 5.74) is -6.27. The summed E-state index contributed by atoms with van der Waals surface area (Å²) in [6.07, 6.45) is 1.62. The monoisotopic (exact) mass is 479 g/mol. The van der Waals surface area contributed by atoms with Crippen LogP contribution in [0.4, 0.5) is 18.0 Å². The summed E-state index contributed by atoms with van der Waals surface area (Å²) in [6, 6.07) is 0. The van der Waals surface area contributed by atoms with E-state index in [0.29, 0.717) is 0 Å². The second kappa shape index (κ2) is 18.2. The molecule has 0 atom stereocenters. The Balaban J connectivity index is -0.000000280. The number of hydrogen-bond acceptors (Lipinski definition) is 5. The maximum absolute atomic E-state index is 12.1. The first-order valence-corrected chi connectivity index (χ1v) is 12.2. The van der Waals surface area contributed by atoms with Gasteiger partial charge >= 0.3 is 21.7 Å². The third kappa shape index (κ3) is 19.0. The van der Waals surface area contributed by atoms with Crippen molar-refractivity contribution in [3.8, 4) is 0 Å². The van der Waals surface area contributed by atoms with Crippen molar-refractivity contribution in [2.75, 3.05) is 13.1 Å². The lowest BCUT2D eigenvalue weighted by Crippen LogP contribution is -2.36. The highest BCUT2D eigenvalue weighted by atomic mass is 32.2. The largest absolute Gasteiger partial charge is 0.534 e. The maximum Gasteiger partial charge on any atom is 0.534 e. The molecule has 1 aliphatic heterocycles. The lowest BCUT2D eigenvalue weighted by molar-refractivity contribution is -0.0523. The number of carbonyl (C=O) groups is 1. The highest BCUT2D eigenvalue weighted by Crippen LogP contribution is 2.28. The first-order valence-electron chi connectivity index (χ1n) is 10.8. The molecular weight excluding hydrogens is 435 g/mol. The van der Waals surface area contributed by atoms with Crippen LogP contribution in [-0.2, 0) is 19.0 Å². The molecule has 0 saturated heterocycles. The Bertz CT molecular complexity index is 581. The predicted octanol–water partition coefficient (Wildman–Crippen LogP) is 7.12. The number of nitrogens with zero attached hydrogens (tertiary/aromatic N) is 1. The Morgan fingerprint density at radius 2 is 1.45 bits per heavy atom. The fourth-order valence-electron chi connectivity index (χ4n) is 1.24. The average molecular weight is 480 g/mol. The third-order valence-electron chi connectivity index (χ3n) is 2.85. The molecule has 6 nitrogen and oxygen atoms in total. The quantitative estimate of drug-likeness (QED) is 0.318. The number of carbonyl (C=O) groups excluding carboxylic acids is 1. The highest BCUT2D eigenvalue weighted by molar-refractivity contribution is 7.87. The molecule has 0 aliphatic carbocycles. The molecule has 0 bridgehead atoms. The van der Waals surface area contributed by atoms with Crippen molar-refractivity contribution in [3.05, 3.63) is 11.8 Å². The van der Waals surface area contributed by atoms with Gasteiger partial charge in [-0.1, -0.05) is 68.7 Å². The van der Waals surface area contributed by atoms with E-state index in [4.69, 9.17) is 4.74 Å². The van der Waals surface area contributed by atoms with Crippen LogP contribution in [0.1, 0.15) is 89.5 Å². The van der Waals surface area contributed by atoms with Crippen LogP contribution in [0.15, 0.2) is 11.8 Å². The predicted molar refractivity (Wildman–Crippen MR) is 121 cm³/mol. The molecule has 1 rings (SSSR count). The van der Waals surface area contributed by atoms with Crippen LogP contribution in [-0.4, -0.2) is 43.6 Å². The zero-order chi connectivity index (χ0) is 26.1. The second-order valence-electron chi connectivity index (χ2n) is 6.82. The van der Waals surface area contributed by atoms with Crippen molar-refractivity contribution in [2.45, 2.75) is 101 Å². The fourth-order valence-corrected chi connectivity index (χ4v) is 1.74. The van der Waals surface area contributed by atoms with Crippen molar-refractivity contribution >= 4 is 16.2 Å². The molecule has 0 aromatic rings. The molecule has 0 radical (unpaired) electrons. The molecule has 0 aromatic carbocycles. The van der Waals surface area contributed by atoms with E-state index in [2.05, 4.69) is 25.0 Å². The number of amides is 1. The molecule has 0 aromatic heterocycles. The lowest BCUT2D eigenvalue weighted by Gasteiger charge is -2.24. The molecule has 1 heterocycles. The molecule has 0 spiro atoms. The molecule has 0 fully saturated rings. The van der Waals surface area contributed by atoms with Gasteiger partial charge < -0.3 is 8.92 Å². The molecule has 0 unspecified atom stereocenters. The van der Waals surface area contributed by atoms with Crippen LogP contribution in [0.3, 0.4) is 0 Å². The van der Waals surface area contributed by atoms with Crippen molar-refractivity contribution in [2.24, 2.45) is 5.92 Å². The Morgan fingerprint density at radius 1 is 1.06 bits per heavy atom. The summed E-state index contributed by atoms with van der Waals surface area (Å²) >= 11 is 0. The summed E-state index contributed by atoms with van der Waals surface area (Å²) < 4.78 is 66.9. The zero-order valence-corrected chi connectivity index (χ0v) is 22.1. The molecule has 190 valence electrons. The molecule has 10 heteroatoms. The molecule has 0 N–H and O–H groups in total. The van der Waals surface area contributed by atoms with Crippen molar-refractivity contribution in [1.29, 1.82) is 0 Å². The highest BCUT2D eigenvalue weighted by Gasteiger charge is 2.49. The Hall–Kier alpha value is -1.45. The van der Waals surface area contributed by atoms with E-state index in [1.54, 1.807) is 20.8 Å². The van der Waals surface area contributed by atoms with Gasteiger partial charge in [0.2, 0.25) is 0 Å². The van der Waals surface area contributed by atoms with Gasteiger partial charge in [-0.25, -0.2) is 4.79 Å². The average Bonchev–Trinajstić information content (AvgIpc) is 3.13. The minimum absolute atomic E-state index is 0.0857. The number of hydrogen-bond donors (Lipinski definition) is 0. The zero-order valence-electron chi connectivity index (χ0n) is 21.3. The van der Waals surface area contributed by atoms with Crippen LogP contribution in [0, 0.1) is 5.92 Å². The first kappa shape index (κ1) is 36.9. The van der Waals surface area contributed by atoms with Crippen molar-refractivity contribution in [1.82, 2.24) is 4.90 Å². The Labute approximate surface area is 188 Å². The van der Waals surface area contributed by atoms with E-state index in [0.717, 1.165) is 16.9 Å². The van der Waals surface area contributed by atoms with Gasteiger partial charge in [-0.05, 0) is 32.8 Å². The molecule has 1 amide bonds. The van der Waals surface area contributed by atoms with E-state index >= 15 is 0 Å². The summed E-state index contributed by atoms with van der Waals surface area (Å²) in [6.45, 7) is 23.0. The standard InChI is InChI=1S/C10H14F3NO5S.C5H12.3C2H6/c1-9(2,3)18-8(15)14-5-4-7(6-14)19-20(16,17)10(11,12)13;1-4-5(2)3;3*1-2/h4H,5-6H2,1-3H3;5H,4H2,1-3H3;3*1-2H3. The van der Waals surface area contributed by atoms with Gasteiger partial charge in [0.05, 0.1) is 6.54 Å². The fraction of sp³-hybridized carbons (Fsp3) is 0.857. The van der Waals surface area contributed by atoms with Gasteiger partial charge in [-0.15, -0.1) is 0 Å². The van der Waals surface area contributed by atoms with Gasteiger partial charge in [0.25, 0.3) is 0 Å². The maximum atomic E-state index is 12.1. The summed E-state index contributed by atoms with van der Waals surface area (Å²) in [7, 11) is -5.71. The third-order valence-corrected chi connectivity index (χ3v) is 3.85. The molecule has 1 aliphatic rings. The smallest absolute Gasteiger partial charge is 0.444 e. The van der Waals surface area contributed by atoms with E-state index in [1.807, 2.05) is 41.5 Å². The minimum Gasteiger partial charge on any atom is -0.444 e. The van der Waals surface area contributed by atoms with E-state index in [9.17, 15) is 26.4 Å². The molecular formula is C21H44F3NO5S. The van der Waals surface area contributed by atoms with Gasteiger partial charge in [0.15, 0.2) is 0 Å². The SMILES string of the molecule is CC.CC.CC.CC(C)(C)OC(=O)N1CC=C(OS(=O)(=O)C(F)(F)F)C1.CCC(C)C. The molecule has 31 heavy (non-hydrogen) atoms. The summed E-state index contributed by atoms with van der Waals surface area (Å²) in [5, 5.41) is 0. The Kier molecular flexibility index (Phi) is 21.6.